The van der Waals surface area contributed by atoms with Crippen LogP contribution in [0.15, 0.2) is 78.9 Å². The molecule has 1 heterocycles. The molecule has 0 radical (unpaired) electrons. The van der Waals surface area contributed by atoms with Gasteiger partial charge in [0, 0.05) is 6.54 Å². The van der Waals surface area contributed by atoms with Gasteiger partial charge in [-0.15, -0.1) is 0 Å². The number of alkyl halides is 3. The summed E-state index contributed by atoms with van der Waals surface area (Å²) in [4.78, 5) is 13.6. The van der Waals surface area contributed by atoms with Gasteiger partial charge in [0.2, 0.25) is 0 Å². The Bertz CT molecular complexity index is 1090. The molecule has 0 bridgehead atoms. The topological polar surface area (TPSA) is 49.8 Å². The Labute approximate surface area is 183 Å². The fourth-order valence-electron chi connectivity index (χ4n) is 4.20. The van der Waals surface area contributed by atoms with E-state index in [2.05, 4.69) is 0 Å². The number of hydrogen-bond acceptors (Lipinski definition) is 3. The highest BCUT2D eigenvalue weighted by atomic mass is 19.4. The average Bonchev–Trinajstić information content (AvgIpc) is 3.24. The number of carboxylic acid groups (broad SMARTS) is 1. The third kappa shape index (κ3) is 4.78. The third-order valence-corrected chi connectivity index (χ3v) is 5.59. The molecule has 1 fully saturated rings. The number of aliphatic carboxylic acids is 1. The van der Waals surface area contributed by atoms with Crippen LogP contribution in [0.3, 0.4) is 0 Å². The quantitative estimate of drug-likeness (QED) is 0.500. The van der Waals surface area contributed by atoms with Gasteiger partial charge in [-0.05, 0) is 60.4 Å². The molecule has 4 rings (SSSR count). The number of rotatable bonds is 6. The van der Waals surface area contributed by atoms with Gasteiger partial charge in [0.1, 0.15) is 17.5 Å². The molecule has 3 aromatic carbocycles. The van der Waals surface area contributed by atoms with Crippen LogP contribution in [0.25, 0.3) is 0 Å². The Kier molecular flexibility index (Phi) is 6.19. The largest absolute Gasteiger partial charge is 0.480 e. The second-order valence-electron chi connectivity index (χ2n) is 7.75. The fraction of sp³-hybridized carbons (Fsp3) is 0.240. The van der Waals surface area contributed by atoms with Gasteiger partial charge in [-0.1, -0.05) is 42.5 Å². The Morgan fingerprint density at radius 2 is 1.59 bits per heavy atom. The summed E-state index contributed by atoms with van der Waals surface area (Å²) in [5.74, 6) is 0.178. The molecule has 1 saturated heterocycles. The monoisotopic (exact) mass is 441 g/mol. The summed E-state index contributed by atoms with van der Waals surface area (Å²) in [6.45, 7) is 0.474. The van der Waals surface area contributed by atoms with Crippen molar-refractivity contribution < 1.29 is 27.8 Å². The molecule has 0 aliphatic carbocycles. The van der Waals surface area contributed by atoms with E-state index in [0.717, 1.165) is 12.1 Å². The number of carbonyl (C=O) groups is 1. The molecule has 0 aromatic heterocycles. The summed E-state index contributed by atoms with van der Waals surface area (Å²) in [7, 11) is 0. The number of benzene rings is 3. The van der Waals surface area contributed by atoms with Crippen molar-refractivity contribution in [1.82, 2.24) is 4.90 Å². The second-order valence-corrected chi connectivity index (χ2v) is 7.75. The number of para-hydroxylation sites is 1. The first-order valence-corrected chi connectivity index (χ1v) is 10.3. The Morgan fingerprint density at radius 3 is 2.28 bits per heavy atom. The number of nitrogens with zero attached hydrogens (tertiary/aromatic N) is 1. The van der Waals surface area contributed by atoms with Crippen LogP contribution in [0.1, 0.15) is 35.6 Å². The van der Waals surface area contributed by atoms with Gasteiger partial charge < -0.3 is 9.84 Å². The minimum Gasteiger partial charge on any atom is -0.480 e. The Morgan fingerprint density at radius 1 is 0.938 bits per heavy atom. The summed E-state index contributed by atoms with van der Waals surface area (Å²) in [6, 6.07) is 19.9. The van der Waals surface area contributed by atoms with E-state index in [9.17, 15) is 23.1 Å². The molecule has 7 heteroatoms. The number of halogens is 3. The lowest BCUT2D eigenvalue weighted by Gasteiger charge is -2.32. The molecule has 0 spiro atoms. The molecule has 0 amide bonds. The minimum absolute atomic E-state index is 0.393. The van der Waals surface area contributed by atoms with E-state index in [1.807, 2.05) is 18.2 Å². The van der Waals surface area contributed by atoms with E-state index in [-0.39, 0.29) is 0 Å². The number of ether oxygens (including phenoxy) is 1. The number of hydrogen-bond donors (Lipinski definition) is 1. The smallest absolute Gasteiger partial charge is 0.416 e. The Balaban J connectivity index is 1.77. The first kappa shape index (κ1) is 21.9. The molecule has 4 nitrogen and oxygen atoms in total. The first-order chi connectivity index (χ1) is 15.3. The van der Waals surface area contributed by atoms with Gasteiger partial charge in [-0.2, -0.15) is 13.2 Å². The van der Waals surface area contributed by atoms with Crippen LogP contribution in [-0.2, 0) is 11.0 Å². The highest BCUT2D eigenvalue weighted by Gasteiger charge is 2.38. The lowest BCUT2D eigenvalue weighted by Crippen LogP contribution is -2.39. The molecule has 1 N–H and O–H groups in total. The van der Waals surface area contributed by atoms with Gasteiger partial charge in [-0.3, -0.25) is 9.69 Å². The van der Waals surface area contributed by atoms with Gasteiger partial charge >= 0.3 is 12.1 Å². The summed E-state index contributed by atoms with van der Waals surface area (Å²) in [6.07, 6.45) is -3.38. The van der Waals surface area contributed by atoms with Crippen LogP contribution in [-0.4, -0.2) is 28.6 Å². The van der Waals surface area contributed by atoms with Crippen molar-refractivity contribution in [2.45, 2.75) is 31.1 Å². The van der Waals surface area contributed by atoms with Crippen molar-refractivity contribution >= 4 is 5.97 Å². The van der Waals surface area contributed by atoms with Crippen LogP contribution in [0.2, 0.25) is 0 Å². The summed E-state index contributed by atoms with van der Waals surface area (Å²) in [5, 5.41) is 9.71. The second kappa shape index (κ2) is 9.04. The number of likely N-dealkylation sites (tertiary alicyclic amines) is 1. The van der Waals surface area contributed by atoms with Crippen molar-refractivity contribution in [3.05, 3.63) is 95.6 Å². The van der Waals surface area contributed by atoms with Gasteiger partial charge in [-0.25, -0.2) is 0 Å². The van der Waals surface area contributed by atoms with E-state index in [4.69, 9.17) is 4.74 Å². The van der Waals surface area contributed by atoms with Crippen LogP contribution in [0.4, 0.5) is 13.2 Å². The summed E-state index contributed by atoms with van der Waals surface area (Å²) >= 11 is 0. The van der Waals surface area contributed by atoms with Crippen molar-refractivity contribution in [3.8, 4) is 11.5 Å². The predicted molar refractivity (Wildman–Crippen MR) is 114 cm³/mol. The standard InChI is InChI=1S/C25H22F3NO3/c26-25(27,28)19-9-4-7-17(15-19)23(29-14-6-13-22(29)24(30)31)18-8-5-12-21(16-18)32-20-10-2-1-3-11-20/h1-5,7-12,15-16,22-23H,6,13-14H2,(H,30,31). The normalized spacial score (nSPS) is 17.8. The van der Waals surface area contributed by atoms with E-state index in [1.165, 1.54) is 6.07 Å². The summed E-state index contributed by atoms with van der Waals surface area (Å²) in [5.41, 5.74) is 0.304. The molecular formula is C25H22F3NO3. The van der Waals surface area contributed by atoms with Crippen LogP contribution >= 0.6 is 0 Å². The first-order valence-electron chi connectivity index (χ1n) is 10.3. The lowest BCUT2D eigenvalue weighted by atomic mass is 9.94. The van der Waals surface area contributed by atoms with Crippen molar-refractivity contribution in [2.24, 2.45) is 0 Å². The molecule has 2 unspecified atom stereocenters. The van der Waals surface area contributed by atoms with Gasteiger partial charge in [0.05, 0.1) is 11.6 Å². The fourth-order valence-corrected chi connectivity index (χ4v) is 4.20. The maximum absolute atomic E-state index is 13.4. The molecule has 2 atom stereocenters. The SMILES string of the molecule is O=C(O)C1CCCN1C(c1cccc(Oc2ccccc2)c1)c1cccc(C(F)(F)F)c1. The van der Waals surface area contributed by atoms with Crippen LogP contribution in [0, 0.1) is 0 Å². The molecular weight excluding hydrogens is 419 g/mol. The van der Waals surface area contributed by atoms with Crippen molar-refractivity contribution in [1.29, 1.82) is 0 Å². The van der Waals surface area contributed by atoms with Crippen LogP contribution < -0.4 is 4.74 Å². The highest BCUT2D eigenvalue weighted by Crippen LogP contribution is 2.39. The highest BCUT2D eigenvalue weighted by molar-refractivity contribution is 5.74. The van der Waals surface area contributed by atoms with Crippen molar-refractivity contribution in [2.75, 3.05) is 6.54 Å². The molecule has 32 heavy (non-hydrogen) atoms. The van der Waals surface area contributed by atoms with E-state index >= 15 is 0 Å². The van der Waals surface area contributed by atoms with E-state index in [0.29, 0.717) is 42.0 Å². The molecule has 3 aromatic rings. The van der Waals surface area contributed by atoms with Gasteiger partial charge in [0.15, 0.2) is 0 Å². The minimum atomic E-state index is -4.49. The molecule has 166 valence electrons. The predicted octanol–water partition coefficient (Wildman–Crippen LogP) is 6.14. The molecule has 0 saturated carbocycles. The summed E-state index contributed by atoms with van der Waals surface area (Å²) < 4.78 is 46.1. The zero-order valence-electron chi connectivity index (χ0n) is 17.1. The third-order valence-electron chi connectivity index (χ3n) is 5.59. The van der Waals surface area contributed by atoms with Crippen molar-refractivity contribution in [3.63, 3.8) is 0 Å². The molecule has 1 aliphatic heterocycles. The Hall–Kier alpha value is -3.32. The van der Waals surface area contributed by atoms with Gasteiger partial charge in [0.25, 0.3) is 0 Å². The maximum Gasteiger partial charge on any atom is 0.416 e. The zero-order chi connectivity index (χ0) is 22.7. The van der Waals surface area contributed by atoms with E-state index in [1.54, 1.807) is 47.4 Å². The molecule has 1 aliphatic rings. The zero-order valence-corrected chi connectivity index (χ0v) is 17.1. The van der Waals surface area contributed by atoms with E-state index < -0.39 is 29.8 Å². The average molecular weight is 441 g/mol. The van der Waals surface area contributed by atoms with Crippen LogP contribution in [0.5, 0.6) is 11.5 Å². The maximum atomic E-state index is 13.4. The number of carboxylic acids is 1. The lowest BCUT2D eigenvalue weighted by molar-refractivity contribution is -0.143.